The lowest BCUT2D eigenvalue weighted by molar-refractivity contribution is 0.206. The molecular formula is C22H24N6O. The van der Waals surface area contributed by atoms with Crippen molar-refractivity contribution < 1.29 is 4.79 Å². The van der Waals surface area contributed by atoms with Crippen LogP contribution >= 0.6 is 0 Å². The molecule has 2 aliphatic rings. The zero-order valence-electron chi connectivity index (χ0n) is 16.5. The third-order valence-corrected chi connectivity index (χ3v) is 5.50. The van der Waals surface area contributed by atoms with Crippen LogP contribution in [0.2, 0.25) is 0 Å². The van der Waals surface area contributed by atoms with Crippen molar-refractivity contribution in [3.05, 3.63) is 59.7 Å². The quantitative estimate of drug-likeness (QED) is 0.687. The zero-order chi connectivity index (χ0) is 19.8. The van der Waals surface area contributed by atoms with Gasteiger partial charge in [-0.25, -0.2) is 9.48 Å². The van der Waals surface area contributed by atoms with E-state index in [0.29, 0.717) is 18.6 Å². The fourth-order valence-corrected chi connectivity index (χ4v) is 3.49. The van der Waals surface area contributed by atoms with Crippen LogP contribution in [-0.2, 0) is 6.54 Å². The summed E-state index contributed by atoms with van der Waals surface area (Å²) in [5, 5.41) is 15.1. The number of aromatic nitrogens is 4. The number of hydrogen-bond donors (Lipinski definition) is 1. The number of nitrogens with one attached hydrogen (secondary N) is 1. The third-order valence-electron chi connectivity index (χ3n) is 5.50. The lowest BCUT2D eigenvalue weighted by Gasteiger charge is -2.23. The van der Waals surface area contributed by atoms with Crippen LogP contribution in [-0.4, -0.2) is 37.2 Å². The van der Waals surface area contributed by atoms with E-state index in [0.717, 1.165) is 48.3 Å². The molecule has 0 saturated heterocycles. The Morgan fingerprint density at radius 1 is 1.07 bits per heavy atom. The standard InChI is InChI=1S/C22H24N6O/c1-15-2-4-16(5-3-15)14-27(19-10-11-19)22(29)23-18-8-6-17(7-9-18)21-24-25-26-28(21)20-12-13-20/h2-9,19-20H,10-14H2,1H3,(H,23,29). The van der Waals surface area contributed by atoms with Gasteiger partial charge in [0.2, 0.25) is 0 Å². The van der Waals surface area contributed by atoms with Crippen LogP contribution in [0.25, 0.3) is 11.4 Å². The first kappa shape index (κ1) is 17.8. The van der Waals surface area contributed by atoms with Crippen molar-refractivity contribution in [1.82, 2.24) is 25.1 Å². The molecule has 5 rings (SSSR count). The molecule has 7 nitrogen and oxygen atoms in total. The average molecular weight is 388 g/mol. The SMILES string of the molecule is Cc1ccc(CN(C(=O)Nc2ccc(-c3nnnn3C3CC3)cc2)C2CC2)cc1. The first-order chi connectivity index (χ1) is 14.2. The molecule has 0 atom stereocenters. The number of urea groups is 1. The number of anilines is 1. The highest BCUT2D eigenvalue weighted by Gasteiger charge is 2.32. The van der Waals surface area contributed by atoms with E-state index in [2.05, 4.69) is 52.0 Å². The minimum atomic E-state index is -0.0522. The minimum Gasteiger partial charge on any atom is -0.317 e. The van der Waals surface area contributed by atoms with Crippen molar-refractivity contribution in [3.63, 3.8) is 0 Å². The fraction of sp³-hybridized carbons (Fsp3) is 0.364. The van der Waals surface area contributed by atoms with E-state index in [9.17, 15) is 4.79 Å². The predicted octanol–water partition coefficient (Wildman–Crippen LogP) is 4.18. The predicted molar refractivity (Wildman–Crippen MR) is 110 cm³/mol. The van der Waals surface area contributed by atoms with Crippen LogP contribution in [0, 0.1) is 6.92 Å². The summed E-state index contributed by atoms with van der Waals surface area (Å²) in [4.78, 5) is 14.8. The smallest absolute Gasteiger partial charge is 0.317 e. The van der Waals surface area contributed by atoms with Crippen LogP contribution < -0.4 is 5.32 Å². The number of benzene rings is 2. The highest BCUT2D eigenvalue weighted by Crippen LogP contribution is 2.36. The molecule has 2 saturated carbocycles. The van der Waals surface area contributed by atoms with Gasteiger partial charge in [-0.2, -0.15) is 0 Å². The molecule has 2 fully saturated rings. The molecule has 2 aromatic carbocycles. The van der Waals surface area contributed by atoms with Crippen LogP contribution in [0.5, 0.6) is 0 Å². The summed E-state index contributed by atoms with van der Waals surface area (Å²) >= 11 is 0. The Kier molecular flexibility index (Phi) is 4.50. The molecule has 0 aliphatic heterocycles. The van der Waals surface area contributed by atoms with Gasteiger partial charge in [0.05, 0.1) is 6.04 Å². The van der Waals surface area contributed by atoms with Crippen LogP contribution in [0.4, 0.5) is 10.5 Å². The molecule has 0 spiro atoms. The van der Waals surface area contributed by atoms with Crippen molar-refractivity contribution >= 4 is 11.7 Å². The minimum absolute atomic E-state index is 0.0522. The first-order valence-electron chi connectivity index (χ1n) is 10.2. The van der Waals surface area contributed by atoms with E-state index in [1.807, 2.05) is 33.8 Å². The van der Waals surface area contributed by atoms with Crippen molar-refractivity contribution in [2.45, 2.75) is 51.2 Å². The Morgan fingerprint density at radius 2 is 1.79 bits per heavy atom. The number of tetrazole rings is 1. The molecule has 148 valence electrons. The van der Waals surface area contributed by atoms with E-state index >= 15 is 0 Å². The molecule has 7 heteroatoms. The largest absolute Gasteiger partial charge is 0.322 e. The van der Waals surface area contributed by atoms with E-state index < -0.39 is 0 Å². The second-order valence-electron chi connectivity index (χ2n) is 8.03. The zero-order valence-corrected chi connectivity index (χ0v) is 16.5. The maximum atomic E-state index is 12.9. The van der Waals surface area contributed by atoms with Crippen molar-refractivity contribution in [3.8, 4) is 11.4 Å². The molecule has 0 bridgehead atoms. The highest BCUT2D eigenvalue weighted by atomic mass is 16.2. The van der Waals surface area contributed by atoms with Crippen molar-refractivity contribution in [2.24, 2.45) is 0 Å². The molecule has 29 heavy (non-hydrogen) atoms. The number of aryl methyl sites for hydroxylation is 1. The maximum Gasteiger partial charge on any atom is 0.322 e. The van der Waals surface area contributed by atoms with Crippen LogP contribution in [0.3, 0.4) is 0 Å². The lowest BCUT2D eigenvalue weighted by Crippen LogP contribution is -2.36. The lowest BCUT2D eigenvalue weighted by atomic mass is 10.1. The van der Waals surface area contributed by atoms with Gasteiger partial charge in [-0.1, -0.05) is 29.8 Å². The Morgan fingerprint density at radius 3 is 2.45 bits per heavy atom. The molecule has 2 aliphatic carbocycles. The molecular weight excluding hydrogens is 364 g/mol. The summed E-state index contributed by atoms with van der Waals surface area (Å²) < 4.78 is 1.89. The molecule has 0 radical (unpaired) electrons. The molecule has 1 N–H and O–H groups in total. The number of carbonyl (C=O) groups is 1. The number of hydrogen-bond acceptors (Lipinski definition) is 4. The number of rotatable bonds is 6. The van der Waals surface area contributed by atoms with Gasteiger partial charge < -0.3 is 10.2 Å². The first-order valence-corrected chi connectivity index (χ1v) is 10.2. The number of nitrogens with zero attached hydrogens (tertiary/aromatic N) is 5. The topological polar surface area (TPSA) is 75.9 Å². The van der Waals surface area contributed by atoms with Gasteiger partial charge in [0.15, 0.2) is 5.82 Å². The average Bonchev–Trinajstić information content (AvgIpc) is 3.67. The van der Waals surface area contributed by atoms with Gasteiger partial charge in [-0.05, 0) is 72.9 Å². The van der Waals surface area contributed by atoms with Crippen molar-refractivity contribution in [2.75, 3.05) is 5.32 Å². The Hall–Kier alpha value is -3.22. The summed E-state index contributed by atoms with van der Waals surface area (Å²) in [6, 6.07) is 16.8. The number of carbonyl (C=O) groups excluding carboxylic acids is 1. The summed E-state index contributed by atoms with van der Waals surface area (Å²) in [7, 11) is 0. The number of amides is 2. The summed E-state index contributed by atoms with van der Waals surface area (Å²) in [5.41, 5.74) is 4.11. The maximum absolute atomic E-state index is 12.9. The Bertz CT molecular complexity index is 1000. The van der Waals surface area contributed by atoms with Gasteiger partial charge in [0, 0.05) is 23.8 Å². The van der Waals surface area contributed by atoms with Gasteiger partial charge >= 0.3 is 6.03 Å². The van der Waals surface area contributed by atoms with Gasteiger partial charge in [0.25, 0.3) is 0 Å². The van der Waals surface area contributed by atoms with Gasteiger partial charge in [-0.3, -0.25) is 0 Å². The van der Waals surface area contributed by atoms with Crippen LogP contribution in [0.15, 0.2) is 48.5 Å². The molecule has 1 aromatic heterocycles. The van der Waals surface area contributed by atoms with Gasteiger partial charge in [-0.15, -0.1) is 5.10 Å². The Labute approximate surface area is 169 Å². The van der Waals surface area contributed by atoms with Crippen molar-refractivity contribution in [1.29, 1.82) is 0 Å². The summed E-state index contributed by atoms with van der Waals surface area (Å²) in [5.74, 6) is 0.782. The molecule has 2 amide bonds. The second kappa shape index (κ2) is 7.31. The normalized spacial score (nSPS) is 15.9. The van der Waals surface area contributed by atoms with Gasteiger partial charge in [0.1, 0.15) is 0 Å². The highest BCUT2D eigenvalue weighted by molar-refractivity contribution is 5.90. The van der Waals surface area contributed by atoms with E-state index in [1.54, 1.807) is 0 Å². The monoisotopic (exact) mass is 388 g/mol. The summed E-state index contributed by atoms with van der Waals surface area (Å²) in [6.45, 7) is 2.70. The molecule has 3 aromatic rings. The van der Waals surface area contributed by atoms with E-state index in [-0.39, 0.29) is 6.03 Å². The van der Waals surface area contributed by atoms with E-state index in [1.165, 1.54) is 5.56 Å². The van der Waals surface area contributed by atoms with E-state index in [4.69, 9.17) is 0 Å². The molecule has 1 heterocycles. The Balaban J connectivity index is 1.27. The second-order valence-corrected chi connectivity index (χ2v) is 8.03. The fourth-order valence-electron chi connectivity index (χ4n) is 3.49. The van der Waals surface area contributed by atoms with Crippen LogP contribution in [0.1, 0.15) is 42.9 Å². The third kappa shape index (κ3) is 3.99. The molecule has 0 unspecified atom stereocenters. The summed E-state index contributed by atoms with van der Waals surface area (Å²) in [6.07, 6.45) is 4.40.